The SMILES string of the molecule is O=C(O)CCOc1cccc(CCCn2cc(C(c3ccccc3)c3ccccc3)ccc2=O)c1. The summed E-state index contributed by atoms with van der Waals surface area (Å²) in [6, 6.07) is 32.0. The van der Waals surface area contributed by atoms with Gasteiger partial charge in [-0.2, -0.15) is 0 Å². The van der Waals surface area contributed by atoms with Crippen molar-refractivity contribution in [2.75, 3.05) is 6.61 Å². The summed E-state index contributed by atoms with van der Waals surface area (Å²) in [5.41, 5.74) is 4.52. The van der Waals surface area contributed by atoms with Crippen LogP contribution in [0.1, 0.15) is 41.0 Å². The van der Waals surface area contributed by atoms with Gasteiger partial charge >= 0.3 is 5.97 Å². The molecular formula is C30H29NO4. The fourth-order valence-electron chi connectivity index (χ4n) is 4.26. The van der Waals surface area contributed by atoms with Crippen LogP contribution in [-0.4, -0.2) is 22.2 Å². The Bertz CT molecular complexity index is 1260. The average Bonchev–Trinajstić information content (AvgIpc) is 2.87. The zero-order valence-corrected chi connectivity index (χ0v) is 19.5. The van der Waals surface area contributed by atoms with Crippen LogP contribution in [0, 0.1) is 0 Å². The van der Waals surface area contributed by atoms with Gasteiger partial charge in [-0.25, -0.2) is 0 Å². The van der Waals surface area contributed by atoms with Crippen LogP contribution in [0.2, 0.25) is 0 Å². The molecule has 3 aromatic carbocycles. The second-order valence-electron chi connectivity index (χ2n) is 8.49. The number of carboxylic acid groups (broad SMARTS) is 1. The summed E-state index contributed by atoms with van der Waals surface area (Å²) in [7, 11) is 0. The van der Waals surface area contributed by atoms with E-state index in [1.54, 1.807) is 10.6 Å². The third-order valence-corrected chi connectivity index (χ3v) is 5.95. The number of aryl methyl sites for hydroxylation is 2. The minimum atomic E-state index is -0.879. The molecule has 0 aliphatic heterocycles. The van der Waals surface area contributed by atoms with Crippen molar-refractivity contribution >= 4 is 5.97 Å². The molecule has 4 rings (SSSR count). The molecule has 35 heavy (non-hydrogen) atoms. The Labute approximate surface area is 205 Å². The molecule has 5 nitrogen and oxygen atoms in total. The summed E-state index contributed by atoms with van der Waals surface area (Å²) in [6.07, 6.45) is 3.53. The summed E-state index contributed by atoms with van der Waals surface area (Å²) in [4.78, 5) is 23.3. The van der Waals surface area contributed by atoms with Gasteiger partial charge in [-0.3, -0.25) is 9.59 Å². The molecule has 0 aliphatic rings. The minimum absolute atomic E-state index is 0.0145. The Kier molecular flexibility index (Phi) is 8.12. The first kappa shape index (κ1) is 24.0. The predicted octanol–water partition coefficient (Wildman–Crippen LogP) is 5.51. The number of rotatable bonds is 11. The monoisotopic (exact) mass is 467 g/mol. The molecule has 0 saturated carbocycles. The van der Waals surface area contributed by atoms with Crippen LogP contribution in [-0.2, 0) is 17.8 Å². The fraction of sp³-hybridized carbons (Fsp3) is 0.200. The number of ether oxygens (including phenoxy) is 1. The molecule has 1 aromatic heterocycles. The summed E-state index contributed by atoms with van der Waals surface area (Å²) >= 11 is 0. The van der Waals surface area contributed by atoms with E-state index in [4.69, 9.17) is 9.84 Å². The first-order valence-electron chi connectivity index (χ1n) is 11.8. The van der Waals surface area contributed by atoms with Crippen molar-refractivity contribution in [1.82, 2.24) is 4.57 Å². The maximum atomic E-state index is 12.6. The Hall–Kier alpha value is -4.12. The Morgan fingerprint density at radius 2 is 1.51 bits per heavy atom. The lowest BCUT2D eigenvalue weighted by atomic mass is 9.86. The molecule has 0 atom stereocenters. The van der Waals surface area contributed by atoms with E-state index in [1.807, 2.05) is 72.9 Å². The predicted molar refractivity (Wildman–Crippen MR) is 137 cm³/mol. The minimum Gasteiger partial charge on any atom is -0.493 e. The summed E-state index contributed by atoms with van der Waals surface area (Å²) < 4.78 is 7.32. The molecular weight excluding hydrogens is 438 g/mol. The maximum Gasteiger partial charge on any atom is 0.306 e. The molecule has 4 aromatic rings. The molecule has 0 radical (unpaired) electrons. The molecule has 0 amide bonds. The molecule has 5 heteroatoms. The van der Waals surface area contributed by atoms with Crippen LogP contribution in [0.25, 0.3) is 0 Å². The Morgan fingerprint density at radius 3 is 2.17 bits per heavy atom. The lowest BCUT2D eigenvalue weighted by molar-refractivity contribution is -0.137. The van der Waals surface area contributed by atoms with Crippen molar-refractivity contribution in [2.24, 2.45) is 0 Å². The second kappa shape index (κ2) is 11.8. The van der Waals surface area contributed by atoms with Crippen LogP contribution >= 0.6 is 0 Å². The van der Waals surface area contributed by atoms with E-state index < -0.39 is 5.97 Å². The van der Waals surface area contributed by atoms with E-state index in [1.165, 1.54) is 11.1 Å². The summed E-state index contributed by atoms with van der Waals surface area (Å²) in [6.45, 7) is 0.748. The van der Waals surface area contributed by atoms with Crippen LogP contribution in [0.4, 0.5) is 0 Å². The standard InChI is InChI=1S/C30H29NO4/c32-28-17-16-26(30(24-11-3-1-4-12-24)25-13-5-2-6-14-25)22-31(28)19-8-10-23-9-7-15-27(21-23)35-20-18-29(33)34/h1-7,9,11-17,21-22,30H,8,10,18-20H2,(H,33,34). The second-order valence-corrected chi connectivity index (χ2v) is 8.49. The van der Waals surface area contributed by atoms with Gasteiger partial charge in [0, 0.05) is 24.7 Å². The number of carbonyl (C=O) groups is 1. The van der Waals surface area contributed by atoms with Crippen molar-refractivity contribution < 1.29 is 14.6 Å². The number of aromatic nitrogens is 1. The van der Waals surface area contributed by atoms with Crippen LogP contribution < -0.4 is 10.3 Å². The van der Waals surface area contributed by atoms with Crippen molar-refractivity contribution in [3.63, 3.8) is 0 Å². The average molecular weight is 468 g/mol. The van der Waals surface area contributed by atoms with Gasteiger partial charge in [-0.05, 0) is 47.2 Å². The molecule has 178 valence electrons. The largest absolute Gasteiger partial charge is 0.493 e. The molecule has 0 spiro atoms. The first-order valence-corrected chi connectivity index (χ1v) is 11.8. The molecule has 0 saturated heterocycles. The molecule has 1 N–H and O–H groups in total. The van der Waals surface area contributed by atoms with Gasteiger partial charge in [0.1, 0.15) is 5.75 Å². The van der Waals surface area contributed by atoms with Crippen molar-refractivity contribution in [3.05, 3.63) is 136 Å². The number of carboxylic acids is 1. The summed E-state index contributed by atoms with van der Waals surface area (Å²) in [5, 5.41) is 8.77. The number of benzene rings is 3. The molecule has 1 heterocycles. The highest BCUT2D eigenvalue weighted by molar-refractivity contribution is 5.66. The van der Waals surface area contributed by atoms with Gasteiger partial charge in [0.2, 0.25) is 0 Å². The van der Waals surface area contributed by atoms with Crippen LogP contribution in [0.15, 0.2) is 108 Å². The molecule has 0 bridgehead atoms. The van der Waals surface area contributed by atoms with Gasteiger partial charge in [0.25, 0.3) is 5.56 Å². The zero-order valence-electron chi connectivity index (χ0n) is 19.5. The van der Waals surface area contributed by atoms with E-state index in [0.29, 0.717) is 12.3 Å². The normalized spacial score (nSPS) is 10.9. The topological polar surface area (TPSA) is 68.5 Å². The van der Waals surface area contributed by atoms with E-state index in [9.17, 15) is 9.59 Å². The number of hydrogen-bond donors (Lipinski definition) is 1. The zero-order chi connectivity index (χ0) is 24.5. The first-order chi connectivity index (χ1) is 17.1. The highest BCUT2D eigenvalue weighted by Gasteiger charge is 2.17. The van der Waals surface area contributed by atoms with Gasteiger partial charge in [-0.1, -0.05) is 78.9 Å². The number of nitrogens with zero attached hydrogens (tertiary/aromatic N) is 1. The smallest absolute Gasteiger partial charge is 0.306 e. The lowest BCUT2D eigenvalue weighted by Crippen LogP contribution is -2.20. The Balaban J connectivity index is 1.48. The van der Waals surface area contributed by atoms with Crippen LogP contribution in [0.3, 0.4) is 0 Å². The highest BCUT2D eigenvalue weighted by atomic mass is 16.5. The molecule has 0 fully saturated rings. The van der Waals surface area contributed by atoms with Crippen molar-refractivity contribution in [3.8, 4) is 5.75 Å². The Morgan fingerprint density at radius 1 is 0.829 bits per heavy atom. The fourth-order valence-corrected chi connectivity index (χ4v) is 4.26. The number of pyridine rings is 1. The quantitative estimate of drug-likeness (QED) is 0.316. The van der Waals surface area contributed by atoms with E-state index in [0.717, 1.165) is 24.0 Å². The third kappa shape index (κ3) is 6.70. The lowest BCUT2D eigenvalue weighted by Gasteiger charge is -2.20. The number of hydrogen-bond acceptors (Lipinski definition) is 3. The molecule has 0 aliphatic carbocycles. The highest BCUT2D eigenvalue weighted by Crippen LogP contribution is 2.31. The van der Waals surface area contributed by atoms with Gasteiger partial charge in [-0.15, -0.1) is 0 Å². The third-order valence-electron chi connectivity index (χ3n) is 5.95. The van der Waals surface area contributed by atoms with E-state index in [2.05, 4.69) is 24.3 Å². The number of aliphatic carboxylic acids is 1. The van der Waals surface area contributed by atoms with E-state index in [-0.39, 0.29) is 24.5 Å². The van der Waals surface area contributed by atoms with Gasteiger partial charge in [0.15, 0.2) is 0 Å². The summed E-state index contributed by atoms with van der Waals surface area (Å²) in [5.74, 6) is -0.170. The van der Waals surface area contributed by atoms with Crippen molar-refractivity contribution in [2.45, 2.75) is 31.7 Å². The van der Waals surface area contributed by atoms with Gasteiger partial charge in [0.05, 0.1) is 13.0 Å². The van der Waals surface area contributed by atoms with Gasteiger partial charge < -0.3 is 14.4 Å². The molecule has 0 unspecified atom stereocenters. The maximum absolute atomic E-state index is 12.6. The van der Waals surface area contributed by atoms with E-state index >= 15 is 0 Å². The van der Waals surface area contributed by atoms with Crippen molar-refractivity contribution in [1.29, 1.82) is 0 Å². The van der Waals surface area contributed by atoms with Crippen LogP contribution in [0.5, 0.6) is 5.75 Å².